The first-order chi connectivity index (χ1) is 12.0. The Labute approximate surface area is 145 Å². The number of rotatable bonds is 6. The van der Waals surface area contributed by atoms with Gasteiger partial charge in [0.25, 0.3) is 5.91 Å². The van der Waals surface area contributed by atoms with Crippen LogP contribution in [0.4, 0.5) is 8.78 Å². The monoisotopic (exact) mass is 349 g/mol. The van der Waals surface area contributed by atoms with Crippen LogP contribution >= 0.6 is 0 Å². The van der Waals surface area contributed by atoms with E-state index in [0.29, 0.717) is 6.42 Å². The molecule has 1 aromatic rings. The highest BCUT2D eigenvalue weighted by Crippen LogP contribution is 2.27. The molecule has 0 aromatic heterocycles. The summed E-state index contributed by atoms with van der Waals surface area (Å²) in [6, 6.07) is 4.24. The fraction of sp³-hybridized carbons (Fsp3) is 0.500. The summed E-state index contributed by atoms with van der Waals surface area (Å²) in [6.45, 7) is -0.176. The van der Waals surface area contributed by atoms with Gasteiger partial charge in [-0.15, -0.1) is 0 Å². The molecule has 1 fully saturated rings. The van der Waals surface area contributed by atoms with Crippen LogP contribution in [-0.2, 0) is 4.79 Å². The Morgan fingerprint density at radius 1 is 1.24 bits per heavy atom. The molecule has 0 heterocycles. The second kappa shape index (κ2) is 9.11. The topological polar surface area (TPSA) is 82.0 Å². The predicted molar refractivity (Wildman–Crippen MR) is 87.4 cm³/mol. The van der Waals surface area contributed by atoms with E-state index in [2.05, 4.69) is 10.6 Å². The van der Waals surface area contributed by atoms with Gasteiger partial charge in [0.05, 0.1) is 11.6 Å². The van der Waals surface area contributed by atoms with Gasteiger partial charge in [-0.2, -0.15) is 5.26 Å². The lowest BCUT2D eigenvalue weighted by Crippen LogP contribution is -2.48. The van der Waals surface area contributed by atoms with Gasteiger partial charge in [0, 0.05) is 0 Å². The fourth-order valence-electron chi connectivity index (χ4n) is 3.15. The highest BCUT2D eigenvalue weighted by molar-refractivity contribution is 5.97. The van der Waals surface area contributed by atoms with Gasteiger partial charge in [0.15, 0.2) is 11.6 Å². The first-order valence-corrected chi connectivity index (χ1v) is 8.42. The molecule has 7 heteroatoms. The van der Waals surface area contributed by atoms with Crippen molar-refractivity contribution in [2.24, 2.45) is 5.92 Å². The SMILES string of the molecule is N#CCNC(=O)C(CC1CCCCC1)NC(=O)c1cccc(F)c1F. The van der Waals surface area contributed by atoms with Crippen molar-refractivity contribution in [3.8, 4) is 6.07 Å². The molecule has 0 bridgehead atoms. The average molecular weight is 349 g/mol. The highest BCUT2D eigenvalue weighted by Gasteiger charge is 2.27. The molecule has 0 radical (unpaired) electrons. The van der Waals surface area contributed by atoms with Crippen LogP contribution in [0.2, 0.25) is 0 Å². The molecule has 134 valence electrons. The summed E-state index contributed by atoms with van der Waals surface area (Å²) < 4.78 is 27.1. The van der Waals surface area contributed by atoms with E-state index in [0.717, 1.165) is 38.2 Å². The molecule has 1 saturated carbocycles. The van der Waals surface area contributed by atoms with E-state index in [-0.39, 0.29) is 12.5 Å². The molecule has 25 heavy (non-hydrogen) atoms. The van der Waals surface area contributed by atoms with E-state index in [1.165, 1.54) is 12.1 Å². The molecule has 2 rings (SSSR count). The van der Waals surface area contributed by atoms with Gasteiger partial charge in [-0.1, -0.05) is 38.2 Å². The summed E-state index contributed by atoms with van der Waals surface area (Å²) in [5, 5.41) is 13.5. The van der Waals surface area contributed by atoms with Crippen molar-refractivity contribution in [3.63, 3.8) is 0 Å². The van der Waals surface area contributed by atoms with Gasteiger partial charge in [-0.3, -0.25) is 9.59 Å². The molecule has 5 nitrogen and oxygen atoms in total. The molecule has 0 aliphatic heterocycles. The van der Waals surface area contributed by atoms with Crippen molar-refractivity contribution in [2.45, 2.75) is 44.6 Å². The van der Waals surface area contributed by atoms with Gasteiger partial charge >= 0.3 is 0 Å². The van der Waals surface area contributed by atoms with Gasteiger partial charge in [0.1, 0.15) is 12.6 Å². The van der Waals surface area contributed by atoms with E-state index in [1.54, 1.807) is 6.07 Å². The minimum Gasteiger partial charge on any atom is -0.341 e. The van der Waals surface area contributed by atoms with Crippen LogP contribution < -0.4 is 10.6 Å². The molecular weight excluding hydrogens is 328 g/mol. The number of halogens is 2. The second-order valence-electron chi connectivity index (χ2n) is 6.24. The number of hydrogen-bond acceptors (Lipinski definition) is 3. The van der Waals surface area contributed by atoms with Crippen LogP contribution in [0, 0.1) is 28.9 Å². The van der Waals surface area contributed by atoms with E-state index >= 15 is 0 Å². The van der Waals surface area contributed by atoms with E-state index in [4.69, 9.17) is 5.26 Å². The molecule has 1 atom stereocenters. The lowest BCUT2D eigenvalue weighted by molar-refractivity contribution is -0.123. The van der Waals surface area contributed by atoms with Crippen molar-refractivity contribution in [3.05, 3.63) is 35.4 Å². The molecule has 0 saturated heterocycles. The minimum atomic E-state index is -1.24. The second-order valence-corrected chi connectivity index (χ2v) is 6.24. The van der Waals surface area contributed by atoms with Crippen LogP contribution in [0.3, 0.4) is 0 Å². The first kappa shape index (κ1) is 18.8. The maximum absolute atomic E-state index is 13.8. The quantitative estimate of drug-likeness (QED) is 0.775. The Balaban J connectivity index is 2.10. The maximum Gasteiger partial charge on any atom is 0.255 e. The number of amides is 2. The van der Waals surface area contributed by atoms with Gasteiger partial charge in [0.2, 0.25) is 5.91 Å². The van der Waals surface area contributed by atoms with Gasteiger partial charge in [-0.25, -0.2) is 8.78 Å². The lowest BCUT2D eigenvalue weighted by atomic mass is 9.84. The molecule has 1 unspecified atom stereocenters. The summed E-state index contributed by atoms with van der Waals surface area (Å²) in [7, 11) is 0. The maximum atomic E-state index is 13.8. The third-order valence-corrected chi connectivity index (χ3v) is 4.45. The van der Waals surface area contributed by atoms with Gasteiger partial charge < -0.3 is 10.6 Å². The summed E-state index contributed by atoms with van der Waals surface area (Å²) in [4.78, 5) is 24.5. The molecule has 2 N–H and O–H groups in total. The number of carbonyl (C=O) groups excluding carboxylic acids is 2. The zero-order valence-electron chi connectivity index (χ0n) is 13.9. The third-order valence-electron chi connectivity index (χ3n) is 4.45. The zero-order valence-corrected chi connectivity index (χ0v) is 13.9. The standard InChI is InChI=1S/C18H21F2N3O2/c19-14-8-4-7-13(16(14)20)17(24)23-15(18(25)22-10-9-21)11-12-5-2-1-3-6-12/h4,7-8,12,15H,1-3,5-6,10-11H2,(H,22,25)(H,23,24). The molecule has 1 aliphatic carbocycles. The Morgan fingerprint density at radius 3 is 2.64 bits per heavy atom. The fourth-order valence-corrected chi connectivity index (χ4v) is 3.15. The molecule has 2 amide bonds. The molecule has 0 spiro atoms. The Morgan fingerprint density at radius 2 is 1.96 bits per heavy atom. The number of nitrogens with one attached hydrogen (secondary N) is 2. The van der Waals surface area contributed by atoms with E-state index < -0.39 is 35.1 Å². The zero-order chi connectivity index (χ0) is 18.2. The minimum absolute atomic E-state index is 0.176. The summed E-state index contributed by atoms with van der Waals surface area (Å²) >= 11 is 0. The van der Waals surface area contributed by atoms with Crippen LogP contribution in [0.5, 0.6) is 0 Å². The molecular formula is C18H21F2N3O2. The molecule has 1 aromatic carbocycles. The van der Waals surface area contributed by atoms with Gasteiger partial charge in [-0.05, 0) is 24.5 Å². The number of hydrogen-bond donors (Lipinski definition) is 2. The number of benzene rings is 1. The van der Waals surface area contributed by atoms with Crippen LogP contribution in [-0.4, -0.2) is 24.4 Å². The largest absolute Gasteiger partial charge is 0.341 e. The van der Waals surface area contributed by atoms with Crippen LogP contribution in [0.15, 0.2) is 18.2 Å². The lowest BCUT2D eigenvalue weighted by Gasteiger charge is -2.26. The van der Waals surface area contributed by atoms with Crippen molar-refractivity contribution in [1.29, 1.82) is 5.26 Å². The van der Waals surface area contributed by atoms with Crippen molar-refractivity contribution in [1.82, 2.24) is 10.6 Å². The van der Waals surface area contributed by atoms with E-state index in [1.807, 2.05) is 0 Å². The van der Waals surface area contributed by atoms with Crippen molar-refractivity contribution >= 4 is 11.8 Å². The van der Waals surface area contributed by atoms with E-state index in [9.17, 15) is 18.4 Å². The van der Waals surface area contributed by atoms with Crippen LogP contribution in [0.1, 0.15) is 48.9 Å². The highest BCUT2D eigenvalue weighted by atomic mass is 19.2. The number of carbonyl (C=O) groups is 2. The predicted octanol–water partition coefficient (Wildman–Crippen LogP) is 2.67. The van der Waals surface area contributed by atoms with Crippen molar-refractivity contribution < 1.29 is 18.4 Å². The summed E-state index contributed by atoms with van der Waals surface area (Å²) in [5.41, 5.74) is -0.443. The van der Waals surface area contributed by atoms with Crippen molar-refractivity contribution in [2.75, 3.05) is 6.54 Å². The Hall–Kier alpha value is -2.49. The number of nitrogens with zero attached hydrogens (tertiary/aromatic N) is 1. The summed E-state index contributed by atoms with van der Waals surface area (Å²) in [5.74, 6) is -3.41. The normalized spacial score (nSPS) is 15.9. The molecule has 1 aliphatic rings. The summed E-state index contributed by atoms with van der Waals surface area (Å²) in [6.07, 6.45) is 5.65. The smallest absolute Gasteiger partial charge is 0.255 e. The first-order valence-electron chi connectivity index (χ1n) is 8.42. The Bertz CT molecular complexity index is 667. The average Bonchev–Trinajstić information content (AvgIpc) is 2.62. The third kappa shape index (κ3) is 5.24. The Kier molecular flexibility index (Phi) is 6.87. The number of nitriles is 1. The van der Waals surface area contributed by atoms with Crippen LogP contribution in [0.25, 0.3) is 0 Å².